The molecule has 0 aromatic carbocycles. The second-order valence-electron chi connectivity index (χ2n) is 4.35. The molecule has 3 heterocycles. The molecule has 19 heavy (non-hydrogen) atoms. The maximum Gasteiger partial charge on any atom is 0.202 e. The highest BCUT2D eigenvalue weighted by molar-refractivity contribution is 5.77. The van der Waals surface area contributed by atoms with E-state index in [1.54, 1.807) is 6.20 Å². The summed E-state index contributed by atoms with van der Waals surface area (Å²) in [6, 6.07) is 1.86. The second kappa shape index (κ2) is 4.34. The minimum atomic E-state index is 0.483. The van der Waals surface area contributed by atoms with Crippen LogP contribution >= 0.6 is 0 Å². The molecule has 98 valence electrons. The van der Waals surface area contributed by atoms with E-state index in [4.69, 9.17) is 5.73 Å². The van der Waals surface area contributed by atoms with Crippen molar-refractivity contribution >= 4 is 17.1 Å². The number of aryl methyl sites for hydroxylation is 2. The van der Waals surface area contributed by atoms with Crippen LogP contribution in [0.4, 0.5) is 5.95 Å². The van der Waals surface area contributed by atoms with Crippen molar-refractivity contribution in [2.24, 2.45) is 7.05 Å². The number of nitrogens with zero attached hydrogens (tertiary/aromatic N) is 6. The number of imidazole rings is 1. The predicted octanol–water partition coefficient (Wildman–Crippen LogP) is 0.753. The van der Waals surface area contributed by atoms with Crippen molar-refractivity contribution in [1.82, 2.24) is 29.3 Å². The molecule has 3 rings (SSSR count). The van der Waals surface area contributed by atoms with Gasteiger partial charge in [0.2, 0.25) is 5.95 Å². The van der Waals surface area contributed by atoms with Crippen LogP contribution in [0.1, 0.15) is 18.3 Å². The molecule has 0 spiro atoms. The number of anilines is 1. The fraction of sp³-hybridized carbons (Fsp3) is 0.333. The largest absolute Gasteiger partial charge is 0.369 e. The first-order valence-corrected chi connectivity index (χ1v) is 6.13. The third-order valence-corrected chi connectivity index (χ3v) is 3.12. The van der Waals surface area contributed by atoms with E-state index < -0.39 is 0 Å². The Hall–Kier alpha value is -2.44. The average molecular weight is 257 g/mol. The van der Waals surface area contributed by atoms with Crippen LogP contribution in [-0.2, 0) is 20.0 Å². The van der Waals surface area contributed by atoms with Crippen molar-refractivity contribution in [2.75, 3.05) is 5.73 Å². The normalized spacial score (nSPS) is 11.3. The van der Waals surface area contributed by atoms with Gasteiger partial charge in [-0.3, -0.25) is 9.25 Å². The zero-order valence-electron chi connectivity index (χ0n) is 10.9. The molecule has 3 aromatic heterocycles. The first kappa shape index (κ1) is 11.6. The number of fused-ring (bicyclic) bond motifs is 1. The molecule has 0 saturated carbocycles. The third kappa shape index (κ3) is 1.83. The molecule has 0 amide bonds. The van der Waals surface area contributed by atoms with E-state index in [0.29, 0.717) is 12.5 Å². The molecule has 0 radical (unpaired) electrons. The minimum absolute atomic E-state index is 0.483. The Labute approximate surface area is 110 Å². The van der Waals surface area contributed by atoms with Crippen LogP contribution in [-0.4, -0.2) is 29.3 Å². The fourth-order valence-corrected chi connectivity index (χ4v) is 2.23. The monoisotopic (exact) mass is 257 g/mol. The number of nitrogens with two attached hydrogens (primary N) is 1. The summed E-state index contributed by atoms with van der Waals surface area (Å²) in [5.41, 5.74) is 9.65. The molecule has 2 N–H and O–H groups in total. The zero-order valence-corrected chi connectivity index (χ0v) is 10.9. The van der Waals surface area contributed by atoms with Crippen LogP contribution in [0.25, 0.3) is 11.2 Å². The van der Waals surface area contributed by atoms with Gasteiger partial charge in [-0.2, -0.15) is 5.10 Å². The molecule has 3 aromatic rings. The van der Waals surface area contributed by atoms with E-state index in [2.05, 4.69) is 27.0 Å². The highest BCUT2D eigenvalue weighted by Crippen LogP contribution is 2.21. The molecule has 0 bridgehead atoms. The lowest BCUT2D eigenvalue weighted by Crippen LogP contribution is -2.09. The molecular formula is C12H15N7. The number of nitrogen functional groups attached to an aromatic ring is 1. The molecule has 0 saturated heterocycles. The predicted molar refractivity (Wildman–Crippen MR) is 71.4 cm³/mol. The van der Waals surface area contributed by atoms with Crippen LogP contribution in [0.5, 0.6) is 0 Å². The third-order valence-electron chi connectivity index (χ3n) is 3.12. The highest BCUT2D eigenvalue weighted by Gasteiger charge is 2.17. The molecule has 0 aliphatic carbocycles. The van der Waals surface area contributed by atoms with Crippen molar-refractivity contribution in [1.29, 1.82) is 0 Å². The van der Waals surface area contributed by atoms with E-state index in [1.807, 2.05) is 22.4 Å². The van der Waals surface area contributed by atoms with E-state index in [9.17, 15) is 0 Å². The van der Waals surface area contributed by atoms with E-state index in [1.165, 1.54) is 6.33 Å². The molecule has 7 nitrogen and oxygen atoms in total. The lowest BCUT2D eigenvalue weighted by atomic mass is 10.3. The summed E-state index contributed by atoms with van der Waals surface area (Å²) in [6.07, 6.45) is 4.08. The van der Waals surface area contributed by atoms with Gasteiger partial charge in [0.1, 0.15) is 11.8 Å². The average Bonchev–Trinajstić information content (AvgIpc) is 2.90. The Kier molecular flexibility index (Phi) is 2.66. The van der Waals surface area contributed by atoms with Crippen LogP contribution in [0.3, 0.4) is 0 Å². The summed E-state index contributed by atoms with van der Waals surface area (Å²) < 4.78 is 3.74. The summed E-state index contributed by atoms with van der Waals surface area (Å²) in [5, 5.41) is 4.46. The van der Waals surface area contributed by atoms with E-state index >= 15 is 0 Å². The van der Waals surface area contributed by atoms with Crippen LogP contribution in [0.2, 0.25) is 0 Å². The summed E-state index contributed by atoms with van der Waals surface area (Å²) in [7, 11) is 1.90. The van der Waals surface area contributed by atoms with Gasteiger partial charge in [0.15, 0.2) is 5.65 Å². The summed E-state index contributed by atoms with van der Waals surface area (Å²) >= 11 is 0. The van der Waals surface area contributed by atoms with Gasteiger partial charge >= 0.3 is 0 Å². The van der Waals surface area contributed by atoms with Gasteiger partial charge in [-0.05, 0) is 12.5 Å². The molecular weight excluding hydrogens is 242 g/mol. The molecule has 0 atom stereocenters. The minimum Gasteiger partial charge on any atom is -0.369 e. The number of hydrogen-bond acceptors (Lipinski definition) is 5. The SMILES string of the molecule is CCc1nn(C)c2c1nc(N)n2Cc1ccncn1. The van der Waals surface area contributed by atoms with Gasteiger partial charge in [0.25, 0.3) is 0 Å². The van der Waals surface area contributed by atoms with Gasteiger partial charge in [0, 0.05) is 13.2 Å². The van der Waals surface area contributed by atoms with E-state index in [0.717, 1.165) is 29.0 Å². The van der Waals surface area contributed by atoms with Crippen molar-refractivity contribution < 1.29 is 0 Å². The summed E-state index contributed by atoms with van der Waals surface area (Å²) in [6.45, 7) is 2.62. The first-order valence-electron chi connectivity index (χ1n) is 6.13. The standard InChI is InChI=1S/C12H15N7/c1-3-9-10-11(18(2)17-9)19(12(13)16-10)6-8-4-5-14-7-15-8/h4-5,7H,3,6H2,1-2H3,(H2,13,16). The van der Waals surface area contributed by atoms with E-state index in [-0.39, 0.29) is 0 Å². The maximum absolute atomic E-state index is 6.01. The molecule has 0 fully saturated rings. The fourth-order valence-electron chi connectivity index (χ4n) is 2.23. The maximum atomic E-state index is 6.01. The lowest BCUT2D eigenvalue weighted by Gasteiger charge is -2.05. The van der Waals surface area contributed by atoms with Crippen molar-refractivity contribution in [3.63, 3.8) is 0 Å². The highest BCUT2D eigenvalue weighted by atomic mass is 15.3. The van der Waals surface area contributed by atoms with Crippen LogP contribution in [0, 0.1) is 0 Å². The molecule has 0 unspecified atom stereocenters. The number of hydrogen-bond donors (Lipinski definition) is 1. The Morgan fingerprint density at radius 3 is 2.89 bits per heavy atom. The molecule has 0 aliphatic rings. The zero-order chi connectivity index (χ0) is 13.4. The quantitative estimate of drug-likeness (QED) is 0.748. The van der Waals surface area contributed by atoms with Crippen LogP contribution < -0.4 is 5.73 Å². The van der Waals surface area contributed by atoms with Gasteiger partial charge in [-0.1, -0.05) is 6.92 Å². The smallest absolute Gasteiger partial charge is 0.202 e. The van der Waals surface area contributed by atoms with Gasteiger partial charge in [0.05, 0.1) is 17.9 Å². The lowest BCUT2D eigenvalue weighted by molar-refractivity contribution is 0.712. The second-order valence-corrected chi connectivity index (χ2v) is 4.35. The van der Waals surface area contributed by atoms with Crippen molar-refractivity contribution in [3.8, 4) is 0 Å². The number of aromatic nitrogens is 6. The van der Waals surface area contributed by atoms with Gasteiger partial charge < -0.3 is 5.73 Å². The Morgan fingerprint density at radius 2 is 2.21 bits per heavy atom. The topological polar surface area (TPSA) is 87.4 Å². The summed E-state index contributed by atoms with van der Waals surface area (Å²) in [4.78, 5) is 12.5. The van der Waals surface area contributed by atoms with Crippen molar-refractivity contribution in [3.05, 3.63) is 30.0 Å². The van der Waals surface area contributed by atoms with Gasteiger partial charge in [-0.25, -0.2) is 15.0 Å². The van der Waals surface area contributed by atoms with Crippen LogP contribution in [0.15, 0.2) is 18.6 Å². The first-order chi connectivity index (χ1) is 9.20. The van der Waals surface area contributed by atoms with Gasteiger partial charge in [-0.15, -0.1) is 0 Å². The Balaban J connectivity index is 2.13. The Morgan fingerprint density at radius 1 is 1.37 bits per heavy atom. The van der Waals surface area contributed by atoms with Crippen molar-refractivity contribution in [2.45, 2.75) is 19.9 Å². The summed E-state index contributed by atoms with van der Waals surface area (Å²) in [5.74, 6) is 0.483. The molecule has 0 aliphatic heterocycles. The number of rotatable bonds is 3. The molecule has 7 heteroatoms. The Bertz CT molecular complexity index is 711.